The maximum Gasteiger partial charge on any atom is 0.410 e. The van der Waals surface area contributed by atoms with Crippen LogP contribution in [0.1, 0.15) is 65.9 Å². The summed E-state index contributed by atoms with van der Waals surface area (Å²) < 4.78 is 12.6. The van der Waals surface area contributed by atoms with Gasteiger partial charge in [-0.15, -0.1) is 0 Å². The molecular formula is C31H42ClN2O4+. The second-order valence-electron chi connectivity index (χ2n) is 11.9. The molecule has 4 rings (SSSR count). The molecule has 0 bridgehead atoms. The number of aliphatic hydroxyl groups is 1. The quantitative estimate of drug-likeness (QED) is 0.364. The van der Waals surface area contributed by atoms with Crippen LogP contribution in [0.4, 0.5) is 10.5 Å². The topological polar surface area (TPSA) is 59.0 Å². The summed E-state index contributed by atoms with van der Waals surface area (Å²) in [5.41, 5.74) is 4.48. The van der Waals surface area contributed by atoms with E-state index >= 15 is 0 Å². The third-order valence-electron chi connectivity index (χ3n) is 7.84. The fraction of sp³-hybridized carbons (Fsp3) is 0.516. The van der Waals surface area contributed by atoms with Gasteiger partial charge in [-0.05, 0) is 77.8 Å². The van der Waals surface area contributed by atoms with Crippen molar-refractivity contribution in [2.45, 2.75) is 71.4 Å². The van der Waals surface area contributed by atoms with Crippen molar-refractivity contribution in [3.63, 3.8) is 0 Å². The van der Waals surface area contributed by atoms with Crippen molar-refractivity contribution in [3.8, 4) is 5.75 Å². The number of rotatable bonds is 8. The first-order chi connectivity index (χ1) is 18.0. The van der Waals surface area contributed by atoms with E-state index in [9.17, 15) is 9.90 Å². The highest BCUT2D eigenvalue weighted by atomic mass is 35.5. The Morgan fingerprint density at radius 3 is 2.39 bits per heavy atom. The van der Waals surface area contributed by atoms with Gasteiger partial charge >= 0.3 is 6.09 Å². The molecule has 1 amide bonds. The fourth-order valence-corrected chi connectivity index (χ4v) is 6.23. The Bertz CT molecular complexity index is 1170. The monoisotopic (exact) mass is 541 g/mol. The van der Waals surface area contributed by atoms with E-state index in [1.807, 2.05) is 49.9 Å². The number of halogens is 1. The number of aliphatic hydroxyl groups excluding tert-OH is 1. The fourth-order valence-electron chi connectivity index (χ4n) is 6.11. The standard InChI is InChI=1S/C31H42ClN2O4/c1-30(2,3)38-29(36)33-18-15-26-25-9-6-7-10-27(25)34(28(26)16-19-33,31(4,5)17-8-21-35)20-22-37-24-13-11-23(32)12-14-24/h6-7,9-14,35H,8,15-22H2,1-5H3/q+1. The second-order valence-corrected chi connectivity index (χ2v) is 12.3. The molecule has 0 spiro atoms. The highest BCUT2D eigenvalue weighted by molar-refractivity contribution is 6.30. The van der Waals surface area contributed by atoms with E-state index in [1.165, 1.54) is 22.5 Å². The van der Waals surface area contributed by atoms with E-state index in [4.69, 9.17) is 21.1 Å². The van der Waals surface area contributed by atoms with Gasteiger partial charge in [0.15, 0.2) is 0 Å². The van der Waals surface area contributed by atoms with Crippen molar-refractivity contribution in [3.05, 3.63) is 64.8 Å². The predicted molar refractivity (Wildman–Crippen MR) is 154 cm³/mol. The summed E-state index contributed by atoms with van der Waals surface area (Å²) in [6.07, 6.45) is 2.85. The molecule has 2 aliphatic rings. The molecule has 2 aromatic carbocycles. The molecule has 38 heavy (non-hydrogen) atoms. The number of carbonyl (C=O) groups excluding carboxylic acids is 1. The Hall–Kier alpha value is -2.54. The van der Waals surface area contributed by atoms with Crippen LogP contribution in [-0.2, 0) is 4.74 Å². The van der Waals surface area contributed by atoms with Gasteiger partial charge in [0.25, 0.3) is 0 Å². The van der Waals surface area contributed by atoms with Crippen LogP contribution in [0.15, 0.2) is 54.2 Å². The third kappa shape index (κ3) is 5.73. The maximum atomic E-state index is 13.0. The SMILES string of the molecule is CC(C)(C)OC(=O)N1CCC2=C(CC1)[N+](CCOc1ccc(Cl)cc1)(C(C)(C)CCCO)c1ccccc12. The molecular weight excluding hydrogens is 500 g/mol. The minimum atomic E-state index is -0.531. The Balaban J connectivity index is 1.71. The highest BCUT2D eigenvalue weighted by Gasteiger charge is 2.55. The van der Waals surface area contributed by atoms with Crippen molar-refractivity contribution < 1.29 is 19.4 Å². The minimum absolute atomic E-state index is 0.157. The Labute approximate surface area is 232 Å². The molecule has 1 unspecified atom stereocenters. The summed E-state index contributed by atoms with van der Waals surface area (Å²) >= 11 is 6.08. The molecule has 206 valence electrons. The summed E-state index contributed by atoms with van der Waals surface area (Å²) in [7, 11) is 0. The number of carbonyl (C=O) groups is 1. The highest BCUT2D eigenvalue weighted by Crippen LogP contribution is 2.54. The van der Waals surface area contributed by atoms with E-state index in [1.54, 1.807) is 0 Å². The lowest BCUT2D eigenvalue weighted by Crippen LogP contribution is -2.63. The molecule has 2 aliphatic heterocycles. The second kappa shape index (κ2) is 11.3. The lowest BCUT2D eigenvalue weighted by molar-refractivity contribution is 0.0254. The Kier molecular flexibility index (Phi) is 8.46. The molecule has 0 aromatic heterocycles. The van der Waals surface area contributed by atoms with Crippen LogP contribution in [0, 0.1) is 0 Å². The van der Waals surface area contributed by atoms with Crippen LogP contribution < -0.4 is 9.22 Å². The van der Waals surface area contributed by atoms with E-state index in [0.717, 1.165) is 38.0 Å². The predicted octanol–water partition coefficient (Wildman–Crippen LogP) is 7.03. The van der Waals surface area contributed by atoms with E-state index in [2.05, 4.69) is 38.1 Å². The molecule has 0 radical (unpaired) electrons. The number of fused-ring (bicyclic) bond motifs is 2. The number of nitrogens with zero attached hydrogens (tertiary/aromatic N) is 2. The average molecular weight is 542 g/mol. The van der Waals surface area contributed by atoms with Gasteiger partial charge < -0.3 is 19.5 Å². The first-order valence-electron chi connectivity index (χ1n) is 13.7. The smallest absolute Gasteiger partial charge is 0.410 e. The van der Waals surface area contributed by atoms with E-state index in [-0.39, 0.29) is 18.2 Å². The molecule has 0 aliphatic carbocycles. The number of amides is 1. The zero-order valence-corrected chi connectivity index (χ0v) is 24.2. The normalized spacial score (nSPS) is 19.6. The number of quaternary nitrogens is 1. The lowest BCUT2D eigenvalue weighted by Gasteiger charge is -2.49. The zero-order chi connectivity index (χ0) is 27.6. The Morgan fingerprint density at radius 2 is 1.71 bits per heavy atom. The van der Waals surface area contributed by atoms with Gasteiger partial charge in [-0.1, -0.05) is 23.7 Å². The van der Waals surface area contributed by atoms with Gasteiger partial charge in [-0.2, -0.15) is 0 Å². The zero-order valence-electron chi connectivity index (χ0n) is 23.4. The molecule has 2 aromatic rings. The summed E-state index contributed by atoms with van der Waals surface area (Å²) in [6, 6.07) is 16.2. The molecule has 0 saturated heterocycles. The molecule has 2 heterocycles. The number of hydrogen-bond acceptors (Lipinski definition) is 4. The van der Waals surface area contributed by atoms with Crippen LogP contribution in [0.25, 0.3) is 5.57 Å². The van der Waals surface area contributed by atoms with Crippen LogP contribution in [0.2, 0.25) is 5.02 Å². The number of benzene rings is 2. The Morgan fingerprint density at radius 1 is 1.03 bits per heavy atom. The van der Waals surface area contributed by atoms with Crippen molar-refractivity contribution in [1.29, 1.82) is 0 Å². The first kappa shape index (κ1) is 28.5. The van der Waals surface area contributed by atoms with Crippen molar-refractivity contribution in [2.75, 3.05) is 32.8 Å². The minimum Gasteiger partial charge on any atom is -0.488 e. The summed E-state index contributed by atoms with van der Waals surface area (Å²) in [6.45, 7) is 13.0. The van der Waals surface area contributed by atoms with Gasteiger partial charge in [0.2, 0.25) is 0 Å². The summed E-state index contributed by atoms with van der Waals surface area (Å²) in [4.78, 5) is 14.9. The van der Waals surface area contributed by atoms with Gasteiger partial charge in [0, 0.05) is 54.8 Å². The van der Waals surface area contributed by atoms with Crippen LogP contribution in [0.5, 0.6) is 5.75 Å². The molecule has 1 N–H and O–H groups in total. The van der Waals surface area contributed by atoms with Crippen molar-refractivity contribution in [1.82, 2.24) is 9.38 Å². The number of hydrogen-bond donors (Lipinski definition) is 1. The van der Waals surface area contributed by atoms with Crippen LogP contribution >= 0.6 is 11.6 Å². The maximum absolute atomic E-state index is 13.0. The number of para-hydroxylation sites is 1. The molecule has 0 saturated carbocycles. The van der Waals surface area contributed by atoms with Crippen LogP contribution in [-0.4, -0.2) is 60.1 Å². The van der Waals surface area contributed by atoms with E-state index < -0.39 is 5.60 Å². The van der Waals surface area contributed by atoms with Crippen molar-refractivity contribution in [2.24, 2.45) is 0 Å². The molecule has 0 fully saturated rings. The number of ether oxygens (including phenoxy) is 2. The van der Waals surface area contributed by atoms with E-state index in [0.29, 0.717) is 29.2 Å². The van der Waals surface area contributed by atoms with Gasteiger partial charge in [-0.3, -0.25) is 4.48 Å². The van der Waals surface area contributed by atoms with Gasteiger partial charge in [-0.25, -0.2) is 4.79 Å². The summed E-state index contributed by atoms with van der Waals surface area (Å²) in [5.74, 6) is 0.791. The van der Waals surface area contributed by atoms with Crippen LogP contribution in [0.3, 0.4) is 0 Å². The third-order valence-corrected chi connectivity index (χ3v) is 8.09. The lowest BCUT2D eigenvalue weighted by atomic mass is 9.90. The molecule has 7 heteroatoms. The molecule has 1 atom stereocenters. The first-order valence-corrected chi connectivity index (χ1v) is 14.0. The van der Waals surface area contributed by atoms with Crippen molar-refractivity contribution >= 4 is 29.0 Å². The van der Waals surface area contributed by atoms with Gasteiger partial charge in [0.1, 0.15) is 41.4 Å². The van der Waals surface area contributed by atoms with Gasteiger partial charge in [0.05, 0.1) is 0 Å². The largest absolute Gasteiger partial charge is 0.488 e. The molecule has 6 nitrogen and oxygen atoms in total. The average Bonchev–Trinajstić information content (AvgIpc) is 2.98. The summed E-state index contributed by atoms with van der Waals surface area (Å²) in [5, 5.41) is 10.4.